The Labute approximate surface area is 316 Å². The van der Waals surface area contributed by atoms with Crippen molar-refractivity contribution in [1.82, 2.24) is 24.8 Å². The Kier molecular flexibility index (Phi) is 10.2. The third-order valence-electron chi connectivity index (χ3n) is 9.94. The molecule has 2 saturated heterocycles. The number of likely N-dealkylation sites (tertiary alicyclic amines) is 2. The zero-order valence-corrected chi connectivity index (χ0v) is 29.8. The minimum Gasteiger partial charge on any atom is -0.463 e. The van der Waals surface area contributed by atoms with Gasteiger partial charge in [-0.1, -0.05) is 23.7 Å². The summed E-state index contributed by atoms with van der Waals surface area (Å²) in [7, 11) is 0. The summed E-state index contributed by atoms with van der Waals surface area (Å²) in [6.45, 7) is 0.628. The fraction of sp³-hybridized carbons (Fsp3) is 0.351. The van der Waals surface area contributed by atoms with Gasteiger partial charge >= 0.3 is 24.0 Å². The molecule has 1 spiro atoms. The number of carbonyl (C=O) groups excluding carboxylic acids is 3. The molecule has 1 saturated carbocycles. The average Bonchev–Trinajstić information content (AvgIpc) is 3.60. The van der Waals surface area contributed by atoms with Crippen molar-refractivity contribution in [1.29, 1.82) is 0 Å². The first-order valence-electron chi connectivity index (χ1n) is 17.4. The molecule has 1 aromatic heterocycles. The molecule has 18 heteroatoms. The molecule has 12 nitrogen and oxygen atoms in total. The predicted octanol–water partition coefficient (Wildman–Crippen LogP) is 6.68. The van der Waals surface area contributed by atoms with Gasteiger partial charge in [0.05, 0.1) is 17.6 Å². The van der Waals surface area contributed by atoms with Gasteiger partial charge < -0.3 is 30.5 Å². The van der Waals surface area contributed by atoms with Crippen LogP contribution < -0.4 is 20.7 Å². The van der Waals surface area contributed by atoms with Crippen molar-refractivity contribution in [3.8, 4) is 6.01 Å². The summed E-state index contributed by atoms with van der Waals surface area (Å²) in [5.41, 5.74) is 0.606. The van der Waals surface area contributed by atoms with Crippen LogP contribution in [0.4, 0.5) is 45.2 Å². The second kappa shape index (κ2) is 14.9. The molecule has 55 heavy (non-hydrogen) atoms. The van der Waals surface area contributed by atoms with Crippen LogP contribution in [0.5, 0.6) is 6.01 Å². The standard InChI is InChI=1S/C37H34ClF5N8O4/c38-24-5-3-23(4-6-24)36(11-12-36)49-33-46-32(47-34(48-33)55-18-15-37(41,42)43)44-26-8-1-22(2-9-26)30(53)50-16-13-35(20-50)14-17-51(21-35)31(54)29(52)45-28-10-7-25(39)19-27(28)40/h1-10,19H,11-18,20-21H2,(H,45,52)(H2,44,46,47,48,49). The van der Waals surface area contributed by atoms with Crippen molar-refractivity contribution in [2.75, 3.05) is 48.7 Å². The number of hydrogen-bond donors (Lipinski definition) is 3. The summed E-state index contributed by atoms with van der Waals surface area (Å²) in [4.78, 5) is 54.9. The molecular formula is C37H34ClF5N8O4. The number of rotatable bonds is 10. The summed E-state index contributed by atoms with van der Waals surface area (Å²) in [5, 5.41) is 9.06. The minimum absolute atomic E-state index is 0.00351. The van der Waals surface area contributed by atoms with Gasteiger partial charge in [0.1, 0.15) is 18.2 Å². The van der Waals surface area contributed by atoms with E-state index >= 15 is 0 Å². The fourth-order valence-electron chi connectivity index (χ4n) is 6.85. The van der Waals surface area contributed by atoms with Crippen LogP contribution in [0, 0.1) is 17.0 Å². The van der Waals surface area contributed by atoms with Gasteiger partial charge in [-0.3, -0.25) is 14.4 Å². The van der Waals surface area contributed by atoms with Gasteiger partial charge in [-0.15, -0.1) is 0 Å². The molecule has 3 aliphatic rings. The predicted molar refractivity (Wildman–Crippen MR) is 191 cm³/mol. The maximum absolute atomic E-state index is 14.0. The molecule has 3 fully saturated rings. The number of halogens is 6. The molecule has 2 aliphatic heterocycles. The molecule has 1 aliphatic carbocycles. The van der Waals surface area contributed by atoms with E-state index in [1.807, 2.05) is 12.1 Å². The Morgan fingerprint density at radius 3 is 2.18 bits per heavy atom. The second-order valence-corrected chi connectivity index (χ2v) is 14.4. The van der Waals surface area contributed by atoms with E-state index in [4.69, 9.17) is 16.3 Å². The SMILES string of the molecule is O=C(Nc1ccc(F)cc1F)C(=O)N1CCC2(CCN(C(=O)c3ccc(Nc4nc(NC5(c6ccc(Cl)cc6)CC5)nc(OCCC(F)(F)F)n4)cc3)C2)C1. The van der Waals surface area contributed by atoms with E-state index in [1.54, 1.807) is 41.3 Å². The van der Waals surface area contributed by atoms with Gasteiger partial charge in [-0.05, 0) is 79.8 Å². The Balaban J connectivity index is 0.981. The Bertz CT molecular complexity index is 2100. The number of benzene rings is 3. The summed E-state index contributed by atoms with van der Waals surface area (Å²) >= 11 is 6.06. The lowest BCUT2D eigenvalue weighted by molar-refractivity contribution is -0.142. The first kappa shape index (κ1) is 37.7. The van der Waals surface area contributed by atoms with Crippen LogP contribution >= 0.6 is 11.6 Å². The zero-order chi connectivity index (χ0) is 39.0. The van der Waals surface area contributed by atoms with Crippen molar-refractivity contribution in [3.05, 3.63) is 94.5 Å². The van der Waals surface area contributed by atoms with Crippen molar-refractivity contribution in [3.63, 3.8) is 0 Å². The molecule has 0 radical (unpaired) electrons. The van der Waals surface area contributed by atoms with Crippen LogP contribution in [0.15, 0.2) is 66.7 Å². The van der Waals surface area contributed by atoms with Crippen LogP contribution in [-0.4, -0.2) is 81.4 Å². The molecule has 3 N–H and O–H groups in total. The molecule has 4 aromatic rings. The van der Waals surface area contributed by atoms with Crippen molar-refractivity contribution in [2.24, 2.45) is 5.41 Å². The highest BCUT2D eigenvalue weighted by molar-refractivity contribution is 6.39. The van der Waals surface area contributed by atoms with Crippen LogP contribution in [0.3, 0.4) is 0 Å². The lowest BCUT2D eigenvalue weighted by Crippen LogP contribution is -2.40. The van der Waals surface area contributed by atoms with Gasteiger partial charge in [-0.25, -0.2) is 8.78 Å². The zero-order valence-electron chi connectivity index (χ0n) is 29.1. The highest BCUT2D eigenvalue weighted by Crippen LogP contribution is 2.48. The monoisotopic (exact) mass is 784 g/mol. The molecule has 3 aromatic carbocycles. The minimum atomic E-state index is -4.43. The summed E-state index contributed by atoms with van der Waals surface area (Å²) in [6, 6.07) is 16.1. The lowest BCUT2D eigenvalue weighted by atomic mass is 9.86. The van der Waals surface area contributed by atoms with Crippen LogP contribution in [0.25, 0.3) is 0 Å². The Hall–Kier alpha value is -5.58. The number of carbonyl (C=O) groups is 3. The fourth-order valence-corrected chi connectivity index (χ4v) is 6.98. The number of ether oxygens (including phenoxy) is 1. The van der Waals surface area contributed by atoms with E-state index < -0.39 is 53.6 Å². The van der Waals surface area contributed by atoms with E-state index in [0.717, 1.165) is 30.5 Å². The van der Waals surface area contributed by atoms with E-state index in [2.05, 4.69) is 30.9 Å². The molecule has 288 valence electrons. The number of hydrogen-bond acceptors (Lipinski definition) is 9. The molecule has 7 rings (SSSR count). The summed E-state index contributed by atoms with van der Waals surface area (Å²) in [6.07, 6.45) is -2.93. The van der Waals surface area contributed by atoms with E-state index in [9.17, 15) is 36.3 Å². The van der Waals surface area contributed by atoms with Crippen LogP contribution in [-0.2, 0) is 15.1 Å². The topological polar surface area (TPSA) is 142 Å². The largest absolute Gasteiger partial charge is 0.463 e. The number of nitrogens with one attached hydrogen (secondary N) is 3. The smallest absolute Gasteiger partial charge is 0.392 e. The van der Waals surface area contributed by atoms with Gasteiger partial charge in [0, 0.05) is 53.9 Å². The van der Waals surface area contributed by atoms with Crippen molar-refractivity contribution < 1.29 is 41.1 Å². The van der Waals surface area contributed by atoms with E-state index in [1.165, 1.54) is 4.90 Å². The van der Waals surface area contributed by atoms with E-state index in [-0.39, 0.29) is 42.6 Å². The molecule has 3 amide bonds. The molecule has 0 bridgehead atoms. The van der Waals surface area contributed by atoms with Crippen molar-refractivity contribution >= 4 is 52.6 Å². The number of anilines is 4. The van der Waals surface area contributed by atoms with Gasteiger partial charge in [0.2, 0.25) is 11.9 Å². The number of aromatic nitrogens is 3. The first-order valence-corrected chi connectivity index (χ1v) is 17.8. The van der Waals surface area contributed by atoms with Gasteiger partial charge in [0.25, 0.3) is 5.91 Å². The maximum atomic E-state index is 14.0. The number of amides is 3. The third-order valence-corrected chi connectivity index (χ3v) is 10.2. The third kappa shape index (κ3) is 8.88. The first-order chi connectivity index (χ1) is 26.2. The van der Waals surface area contributed by atoms with E-state index in [0.29, 0.717) is 48.3 Å². The van der Waals surface area contributed by atoms with Gasteiger partial charge in [-0.2, -0.15) is 28.1 Å². The molecule has 3 heterocycles. The lowest BCUT2D eigenvalue weighted by Gasteiger charge is -2.24. The van der Waals surface area contributed by atoms with Crippen LogP contribution in [0.1, 0.15) is 48.0 Å². The van der Waals surface area contributed by atoms with Crippen LogP contribution in [0.2, 0.25) is 5.02 Å². The summed E-state index contributed by atoms with van der Waals surface area (Å²) in [5.74, 6) is -3.84. The Morgan fingerprint density at radius 1 is 0.836 bits per heavy atom. The highest BCUT2D eigenvalue weighted by Gasteiger charge is 2.47. The molecule has 1 atom stereocenters. The number of alkyl halides is 3. The quantitative estimate of drug-likeness (QED) is 0.119. The second-order valence-electron chi connectivity index (χ2n) is 13.9. The normalized spacial score (nSPS) is 18.7. The highest BCUT2D eigenvalue weighted by atomic mass is 35.5. The molecular weight excluding hydrogens is 751 g/mol. The number of nitrogens with zero attached hydrogens (tertiary/aromatic N) is 5. The van der Waals surface area contributed by atoms with Gasteiger partial charge in [0.15, 0.2) is 0 Å². The Morgan fingerprint density at radius 2 is 1.51 bits per heavy atom. The average molecular weight is 785 g/mol. The summed E-state index contributed by atoms with van der Waals surface area (Å²) < 4.78 is 71.0. The molecule has 1 unspecified atom stereocenters. The maximum Gasteiger partial charge on any atom is 0.392 e. The van der Waals surface area contributed by atoms with Crippen molar-refractivity contribution in [2.45, 2.75) is 43.8 Å².